The van der Waals surface area contributed by atoms with E-state index in [0.29, 0.717) is 6.42 Å². The van der Waals surface area contributed by atoms with E-state index in [0.717, 1.165) is 13.2 Å². The van der Waals surface area contributed by atoms with E-state index in [9.17, 15) is 9.59 Å². The maximum absolute atomic E-state index is 10.7. The number of aliphatic hydroxyl groups excluding tert-OH is 1. The molecule has 12 heavy (non-hydrogen) atoms. The van der Waals surface area contributed by atoms with Gasteiger partial charge in [-0.25, -0.2) is 4.79 Å². The highest BCUT2D eigenvalue weighted by atomic mass is 16.5. The number of hydrogen-bond donors (Lipinski definition) is 1. The average Bonchev–Trinajstić information content (AvgIpc) is 2.11. The Bertz CT molecular complexity index is 195. The standard InChI is InChI=1S/C8H12O4/c1-3-6(9)4-5-7(10)8(11)12-2/h4-6,9H,3H2,1-2H3/b5-4+. The van der Waals surface area contributed by atoms with Crippen molar-refractivity contribution in [2.24, 2.45) is 0 Å². The van der Waals surface area contributed by atoms with E-state index in [1.807, 2.05) is 0 Å². The summed E-state index contributed by atoms with van der Waals surface area (Å²) in [7, 11) is 1.13. The van der Waals surface area contributed by atoms with Crippen molar-refractivity contribution in [3.8, 4) is 0 Å². The summed E-state index contributed by atoms with van der Waals surface area (Å²) in [5.74, 6) is -1.68. The second kappa shape index (κ2) is 5.49. The summed E-state index contributed by atoms with van der Waals surface area (Å²) in [6, 6.07) is 0. The molecule has 0 radical (unpaired) electrons. The molecule has 0 saturated heterocycles. The summed E-state index contributed by atoms with van der Waals surface area (Å²) < 4.78 is 4.16. The Morgan fingerprint density at radius 2 is 2.17 bits per heavy atom. The lowest BCUT2D eigenvalue weighted by atomic mass is 10.2. The number of carbonyl (C=O) groups is 2. The highest BCUT2D eigenvalue weighted by molar-refractivity contribution is 6.38. The van der Waals surface area contributed by atoms with E-state index in [1.54, 1.807) is 6.92 Å². The lowest BCUT2D eigenvalue weighted by Gasteiger charge is -1.97. The van der Waals surface area contributed by atoms with Gasteiger partial charge < -0.3 is 9.84 Å². The smallest absolute Gasteiger partial charge is 0.378 e. The van der Waals surface area contributed by atoms with Gasteiger partial charge in [0.1, 0.15) is 0 Å². The predicted octanol–water partition coefficient (Wildman–Crippen LogP) is 0.0556. The van der Waals surface area contributed by atoms with Crippen molar-refractivity contribution in [1.82, 2.24) is 0 Å². The van der Waals surface area contributed by atoms with Crippen LogP contribution in [0.15, 0.2) is 12.2 Å². The molecule has 1 atom stereocenters. The van der Waals surface area contributed by atoms with Crippen LogP contribution >= 0.6 is 0 Å². The molecule has 0 aliphatic heterocycles. The molecule has 0 aromatic rings. The van der Waals surface area contributed by atoms with Crippen molar-refractivity contribution in [1.29, 1.82) is 0 Å². The Hall–Kier alpha value is -1.16. The first-order valence-electron chi connectivity index (χ1n) is 3.60. The maximum atomic E-state index is 10.7. The third-order valence-corrected chi connectivity index (χ3v) is 1.27. The number of carbonyl (C=O) groups excluding carboxylic acids is 2. The van der Waals surface area contributed by atoms with Crippen LogP contribution in [0.2, 0.25) is 0 Å². The van der Waals surface area contributed by atoms with E-state index in [1.165, 1.54) is 6.08 Å². The van der Waals surface area contributed by atoms with Gasteiger partial charge in [-0.2, -0.15) is 0 Å². The summed E-state index contributed by atoms with van der Waals surface area (Å²) in [6.07, 6.45) is 2.10. The molecule has 0 spiro atoms. The molecule has 0 amide bonds. The first-order chi connectivity index (χ1) is 5.61. The highest BCUT2D eigenvalue weighted by Gasteiger charge is 2.09. The van der Waals surface area contributed by atoms with Crippen LogP contribution in [-0.4, -0.2) is 30.1 Å². The van der Waals surface area contributed by atoms with Gasteiger partial charge in [-0.1, -0.05) is 13.0 Å². The molecule has 0 aromatic carbocycles. The fourth-order valence-electron chi connectivity index (χ4n) is 0.503. The zero-order valence-electron chi connectivity index (χ0n) is 7.11. The molecule has 4 heteroatoms. The van der Waals surface area contributed by atoms with Crippen LogP contribution in [0.1, 0.15) is 13.3 Å². The molecule has 4 nitrogen and oxygen atoms in total. The van der Waals surface area contributed by atoms with Gasteiger partial charge >= 0.3 is 5.97 Å². The molecule has 0 heterocycles. The highest BCUT2D eigenvalue weighted by Crippen LogP contribution is 1.92. The SMILES string of the molecule is CCC(O)/C=C/C(=O)C(=O)OC. The Morgan fingerprint density at radius 3 is 2.58 bits per heavy atom. The number of ether oxygens (including phenoxy) is 1. The molecule has 68 valence electrons. The van der Waals surface area contributed by atoms with Crippen molar-refractivity contribution in [2.45, 2.75) is 19.4 Å². The van der Waals surface area contributed by atoms with E-state index in [-0.39, 0.29) is 0 Å². The van der Waals surface area contributed by atoms with E-state index in [2.05, 4.69) is 4.74 Å². The maximum Gasteiger partial charge on any atom is 0.378 e. The van der Waals surface area contributed by atoms with E-state index in [4.69, 9.17) is 5.11 Å². The van der Waals surface area contributed by atoms with Gasteiger partial charge in [0.25, 0.3) is 5.78 Å². The van der Waals surface area contributed by atoms with Crippen LogP contribution in [0.4, 0.5) is 0 Å². The van der Waals surface area contributed by atoms with Gasteiger partial charge in [0.05, 0.1) is 13.2 Å². The zero-order valence-corrected chi connectivity index (χ0v) is 7.11. The van der Waals surface area contributed by atoms with Crippen molar-refractivity contribution >= 4 is 11.8 Å². The van der Waals surface area contributed by atoms with Crippen LogP contribution in [0.5, 0.6) is 0 Å². The fraction of sp³-hybridized carbons (Fsp3) is 0.500. The minimum Gasteiger partial charge on any atom is -0.463 e. The lowest BCUT2D eigenvalue weighted by molar-refractivity contribution is -0.149. The van der Waals surface area contributed by atoms with Crippen molar-refractivity contribution < 1.29 is 19.4 Å². The van der Waals surface area contributed by atoms with Gasteiger partial charge in [-0.15, -0.1) is 0 Å². The first-order valence-corrected chi connectivity index (χ1v) is 3.60. The van der Waals surface area contributed by atoms with Crippen molar-refractivity contribution in [2.75, 3.05) is 7.11 Å². The van der Waals surface area contributed by atoms with Crippen LogP contribution in [-0.2, 0) is 14.3 Å². The second-order valence-corrected chi connectivity index (χ2v) is 2.19. The predicted molar refractivity (Wildman–Crippen MR) is 42.5 cm³/mol. The largest absolute Gasteiger partial charge is 0.463 e. The normalized spacial score (nSPS) is 12.9. The minimum absolute atomic E-state index is 0.505. The summed E-state index contributed by atoms with van der Waals surface area (Å²) in [5.41, 5.74) is 0. The quantitative estimate of drug-likeness (QED) is 0.370. The molecule has 0 saturated carbocycles. The summed E-state index contributed by atoms with van der Waals surface area (Å²) in [5, 5.41) is 8.97. The number of ketones is 1. The molecule has 1 N–H and O–H groups in total. The molecule has 0 aliphatic carbocycles. The third kappa shape index (κ3) is 3.88. The van der Waals surface area contributed by atoms with Crippen LogP contribution < -0.4 is 0 Å². The molecule has 1 unspecified atom stereocenters. The van der Waals surface area contributed by atoms with Gasteiger partial charge in [-0.3, -0.25) is 4.79 Å². The molecule has 0 fully saturated rings. The fourth-order valence-corrected chi connectivity index (χ4v) is 0.503. The average molecular weight is 172 g/mol. The van der Waals surface area contributed by atoms with Crippen molar-refractivity contribution in [3.63, 3.8) is 0 Å². The Kier molecular flexibility index (Phi) is 4.96. The minimum atomic E-state index is -0.922. The number of rotatable bonds is 4. The van der Waals surface area contributed by atoms with Crippen molar-refractivity contribution in [3.05, 3.63) is 12.2 Å². The number of esters is 1. The molecular formula is C8H12O4. The monoisotopic (exact) mass is 172 g/mol. The van der Waals surface area contributed by atoms with Gasteiger partial charge in [0.2, 0.25) is 0 Å². The molecule has 0 bridgehead atoms. The molecular weight excluding hydrogens is 160 g/mol. The van der Waals surface area contributed by atoms with E-state index >= 15 is 0 Å². The topological polar surface area (TPSA) is 63.6 Å². The number of hydrogen-bond acceptors (Lipinski definition) is 4. The zero-order chi connectivity index (χ0) is 9.56. The van der Waals surface area contributed by atoms with Gasteiger partial charge in [0.15, 0.2) is 0 Å². The lowest BCUT2D eigenvalue weighted by Crippen LogP contribution is -2.13. The van der Waals surface area contributed by atoms with Crippen LogP contribution in [0, 0.1) is 0 Å². The molecule has 0 rings (SSSR count). The van der Waals surface area contributed by atoms with E-state index < -0.39 is 17.9 Å². The summed E-state index contributed by atoms with van der Waals surface area (Å²) in [4.78, 5) is 21.2. The number of aliphatic hydroxyl groups is 1. The Labute approximate surface area is 70.8 Å². The first kappa shape index (κ1) is 10.8. The molecule has 0 aromatic heterocycles. The summed E-state index contributed by atoms with van der Waals surface area (Å²) in [6.45, 7) is 1.76. The Morgan fingerprint density at radius 1 is 1.58 bits per heavy atom. The van der Waals surface area contributed by atoms with Crippen LogP contribution in [0.3, 0.4) is 0 Å². The third-order valence-electron chi connectivity index (χ3n) is 1.27. The second-order valence-electron chi connectivity index (χ2n) is 2.19. The summed E-state index contributed by atoms with van der Waals surface area (Å²) >= 11 is 0. The van der Waals surface area contributed by atoms with Gasteiger partial charge in [-0.05, 0) is 12.5 Å². The van der Waals surface area contributed by atoms with Gasteiger partial charge in [0, 0.05) is 0 Å². The molecule has 0 aliphatic rings. The van der Waals surface area contributed by atoms with Crippen LogP contribution in [0.25, 0.3) is 0 Å². The number of methoxy groups -OCH3 is 1. The Balaban J connectivity index is 3.99.